The number of nitrogens with one attached hydrogen (secondary N) is 1. The van der Waals surface area contributed by atoms with Crippen molar-refractivity contribution in [3.05, 3.63) is 66.1 Å². The number of methoxy groups -OCH3 is 1. The summed E-state index contributed by atoms with van der Waals surface area (Å²) in [6.07, 6.45) is 0.107. The molecule has 0 aliphatic rings. The van der Waals surface area contributed by atoms with Gasteiger partial charge in [0.1, 0.15) is 29.3 Å². The van der Waals surface area contributed by atoms with E-state index in [-0.39, 0.29) is 18.1 Å². The Hall–Kier alpha value is -2.91. The van der Waals surface area contributed by atoms with Crippen LogP contribution in [-0.4, -0.2) is 75.6 Å². The Balaban J connectivity index is 1.77. The minimum atomic E-state index is -1.98. The Labute approximate surface area is 287 Å². The van der Waals surface area contributed by atoms with Crippen molar-refractivity contribution in [3.8, 4) is 22.8 Å². The van der Waals surface area contributed by atoms with Gasteiger partial charge < -0.3 is 23.6 Å². The van der Waals surface area contributed by atoms with E-state index < -0.39 is 36.6 Å². The number of fused-ring (bicyclic) bond motifs is 1. The fraction of sp³-hybridized carbons (Fsp3) is 0.514. The molecule has 4 aromatic rings. The molecule has 3 heterocycles. The zero-order valence-electron chi connectivity index (χ0n) is 29.5. The fourth-order valence-electron chi connectivity index (χ4n) is 4.60. The highest BCUT2D eigenvalue weighted by atomic mass is 32.2. The van der Waals surface area contributed by atoms with Gasteiger partial charge in [0.05, 0.1) is 47.4 Å². The van der Waals surface area contributed by atoms with Crippen LogP contribution in [-0.2, 0) is 27.1 Å². The zero-order chi connectivity index (χ0) is 35.3. The molecule has 1 aromatic carbocycles. The van der Waals surface area contributed by atoms with Crippen LogP contribution < -0.4 is 9.46 Å². The predicted octanol–water partition coefficient (Wildman–Crippen LogP) is 6.84. The van der Waals surface area contributed by atoms with Crippen molar-refractivity contribution in [2.45, 2.75) is 89.7 Å². The molecule has 3 atom stereocenters. The minimum absolute atomic E-state index is 0.0768. The average molecular weight is 700 g/mol. The molecule has 0 spiro atoms. The van der Waals surface area contributed by atoms with Gasteiger partial charge in [-0.15, -0.1) is 4.72 Å². The number of ether oxygens (including phenoxy) is 2. The third-order valence-corrected chi connectivity index (χ3v) is 14.6. The van der Waals surface area contributed by atoms with E-state index in [4.69, 9.17) is 29.0 Å². The number of aliphatic hydroxyl groups excluding tert-OH is 1. The summed E-state index contributed by atoms with van der Waals surface area (Å²) in [6, 6.07) is 13.9. The van der Waals surface area contributed by atoms with Crippen LogP contribution in [0.4, 0.5) is 4.39 Å². The molecule has 0 aliphatic carbocycles. The third-order valence-electron chi connectivity index (χ3n) is 8.53. The van der Waals surface area contributed by atoms with Gasteiger partial charge >= 0.3 is 0 Å². The summed E-state index contributed by atoms with van der Waals surface area (Å²) >= 11 is -1.57. The molecule has 0 fully saturated rings. The molecule has 0 saturated carbocycles. The quantitative estimate of drug-likeness (QED) is 0.0779. The van der Waals surface area contributed by atoms with Crippen molar-refractivity contribution < 1.29 is 27.9 Å². The van der Waals surface area contributed by atoms with Crippen molar-refractivity contribution in [1.29, 1.82) is 0 Å². The molecule has 2 unspecified atom stereocenters. The number of hydrogen-bond acceptors (Lipinski definition) is 9. The number of rotatable bonds is 15. The summed E-state index contributed by atoms with van der Waals surface area (Å²) < 4.78 is 50.3. The molecule has 3 aromatic heterocycles. The van der Waals surface area contributed by atoms with Crippen LogP contribution in [0.25, 0.3) is 28.0 Å². The molecular weight excluding hydrogens is 650 g/mol. The molecule has 48 heavy (non-hydrogen) atoms. The van der Waals surface area contributed by atoms with E-state index in [0.717, 1.165) is 16.6 Å². The molecule has 10 nitrogen and oxygen atoms in total. The van der Waals surface area contributed by atoms with Gasteiger partial charge in [0.15, 0.2) is 14.1 Å². The van der Waals surface area contributed by atoms with Gasteiger partial charge in [-0.05, 0) is 75.3 Å². The number of alkyl halides is 1. The van der Waals surface area contributed by atoms with E-state index in [2.05, 4.69) is 38.6 Å². The van der Waals surface area contributed by atoms with Crippen LogP contribution in [0.5, 0.6) is 5.75 Å². The summed E-state index contributed by atoms with van der Waals surface area (Å²) in [7, 11) is -0.367. The van der Waals surface area contributed by atoms with Gasteiger partial charge in [0.2, 0.25) is 0 Å². The van der Waals surface area contributed by atoms with Gasteiger partial charge in [-0.2, -0.15) is 5.10 Å². The van der Waals surface area contributed by atoms with E-state index in [1.54, 1.807) is 30.1 Å². The minimum Gasteiger partial charge on any atom is -0.598 e. The first-order valence-electron chi connectivity index (χ1n) is 16.2. The van der Waals surface area contributed by atoms with Gasteiger partial charge in [-0.1, -0.05) is 32.9 Å². The molecule has 0 aliphatic heterocycles. The lowest BCUT2D eigenvalue weighted by Crippen LogP contribution is -2.44. The summed E-state index contributed by atoms with van der Waals surface area (Å²) in [5.74, 6) is 1.21. The summed E-state index contributed by atoms with van der Waals surface area (Å²) in [6.45, 7) is 17.3. The smallest absolute Gasteiger partial charge is 0.192 e. The van der Waals surface area contributed by atoms with Crippen LogP contribution in [0, 0.1) is 0 Å². The second-order valence-electron chi connectivity index (χ2n) is 14.3. The third kappa shape index (κ3) is 9.20. The van der Waals surface area contributed by atoms with Gasteiger partial charge in [0, 0.05) is 37.1 Å². The van der Waals surface area contributed by atoms with E-state index in [1.807, 2.05) is 57.2 Å². The second-order valence-corrected chi connectivity index (χ2v) is 21.1. The van der Waals surface area contributed by atoms with Crippen LogP contribution >= 0.6 is 0 Å². The van der Waals surface area contributed by atoms with Crippen molar-refractivity contribution >= 4 is 30.6 Å². The Kier molecular flexibility index (Phi) is 12.4. The highest BCUT2D eigenvalue weighted by molar-refractivity contribution is 7.90. The molecule has 2 N–H and O–H groups in total. The molecule has 0 radical (unpaired) electrons. The lowest BCUT2D eigenvalue weighted by Gasteiger charge is -2.36. The topological polar surface area (TPSA) is 127 Å². The summed E-state index contributed by atoms with van der Waals surface area (Å²) in [5.41, 5.74) is 3.20. The summed E-state index contributed by atoms with van der Waals surface area (Å²) in [4.78, 5) is 9.74. The number of hydrogen-bond donors (Lipinski definition) is 2. The first kappa shape index (κ1) is 37.9. The van der Waals surface area contributed by atoms with Crippen LogP contribution in [0.1, 0.15) is 65.4 Å². The zero-order valence-corrected chi connectivity index (χ0v) is 31.4. The Morgan fingerprint density at radius 1 is 1.04 bits per heavy atom. The van der Waals surface area contributed by atoms with E-state index in [0.29, 0.717) is 48.3 Å². The van der Waals surface area contributed by atoms with Crippen LogP contribution in [0.2, 0.25) is 18.1 Å². The van der Waals surface area contributed by atoms with Gasteiger partial charge in [-0.3, -0.25) is 4.98 Å². The highest BCUT2D eigenvalue weighted by Crippen LogP contribution is 2.37. The average Bonchev–Trinajstić information content (AvgIpc) is 3.46. The largest absolute Gasteiger partial charge is 0.598 e. The molecule has 262 valence electrons. The number of aliphatic hydroxyl groups is 1. The molecule has 0 bridgehead atoms. The molecular formula is C35H50FN5O5SSi. The Morgan fingerprint density at radius 2 is 1.77 bits per heavy atom. The SMILES string of the molecule is COCCOc1cc(-c2cccc([C@@H](N[S+]([O-])C(C)(C)C)C(F)CCO)n2)cc2c1cnn2-c1cccc(CO[Si](C)(C)C(C)(C)C)n1. The van der Waals surface area contributed by atoms with Gasteiger partial charge in [0.25, 0.3) is 0 Å². The Bertz CT molecular complexity index is 1660. The standard InChI is InChI=1S/C35H50FN5O5SSi/c1-34(2,3)47(43)40-33(27(36)16-17-42)29-14-11-13-28(39-29)24-20-30-26(31(21-24)45-19-18-44-7)22-37-41(30)32-15-10-12-25(38-32)23-46-48(8,9)35(4,5)6/h10-15,20-22,27,33,40,42H,16-19,23H2,1-9H3/t27?,33-,47?/m0/s1. The number of benzene rings is 1. The first-order valence-corrected chi connectivity index (χ1v) is 20.3. The maximum absolute atomic E-state index is 15.4. The predicted molar refractivity (Wildman–Crippen MR) is 192 cm³/mol. The van der Waals surface area contributed by atoms with Crippen molar-refractivity contribution in [1.82, 2.24) is 24.5 Å². The maximum Gasteiger partial charge on any atom is 0.192 e. The molecule has 4 rings (SSSR count). The van der Waals surface area contributed by atoms with Gasteiger partial charge in [-0.25, -0.2) is 14.1 Å². The number of pyridine rings is 2. The Morgan fingerprint density at radius 3 is 2.44 bits per heavy atom. The maximum atomic E-state index is 15.4. The van der Waals surface area contributed by atoms with Crippen molar-refractivity contribution in [3.63, 3.8) is 0 Å². The molecule has 13 heteroatoms. The van der Waals surface area contributed by atoms with Crippen molar-refractivity contribution in [2.24, 2.45) is 0 Å². The number of halogens is 1. The molecule has 0 saturated heterocycles. The van der Waals surface area contributed by atoms with Crippen LogP contribution in [0.3, 0.4) is 0 Å². The number of aromatic nitrogens is 4. The lowest BCUT2D eigenvalue weighted by atomic mass is 10.0. The normalized spacial score (nSPS) is 14.7. The van der Waals surface area contributed by atoms with Crippen LogP contribution in [0.15, 0.2) is 54.7 Å². The van der Waals surface area contributed by atoms with E-state index in [9.17, 15) is 9.66 Å². The van der Waals surface area contributed by atoms with E-state index in [1.165, 1.54) is 0 Å². The van der Waals surface area contributed by atoms with Crippen molar-refractivity contribution in [2.75, 3.05) is 26.9 Å². The lowest BCUT2D eigenvalue weighted by molar-refractivity contribution is 0.147. The highest BCUT2D eigenvalue weighted by Gasteiger charge is 2.37. The fourth-order valence-corrected chi connectivity index (χ4v) is 6.40. The first-order chi connectivity index (χ1) is 22.6. The molecule has 0 amide bonds. The van der Waals surface area contributed by atoms with E-state index >= 15 is 4.39 Å². The second kappa shape index (κ2) is 15.8. The monoisotopic (exact) mass is 699 g/mol. The number of nitrogens with zero attached hydrogens (tertiary/aromatic N) is 4. The summed E-state index contributed by atoms with van der Waals surface area (Å²) in [5, 5.41) is 15.0.